The first-order chi connectivity index (χ1) is 13.6. The molecule has 4 rings (SSSR count). The number of rotatable bonds is 4. The highest BCUT2D eigenvalue weighted by Gasteiger charge is 2.15. The van der Waals surface area contributed by atoms with Gasteiger partial charge in [0.1, 0.15) is 11.6 Å². The quantitative estimate of drug-likeness (QED) is 0.549. The number of halogens is 1. The molecule has 28 heavy (non-hydrogen) atoms. The van der Waals surface area contributed by atoms with Gasteiger partial charge in [-0.15, -0.1) is 0 Å². The summed E-state index contributed by atoms with van der Waals surface area (Å²) in [7, 11) is 1.56. The summed E-state index contributed by atoms with van der Waals surface area (Å²) in [5.41, 5.74) is 0.512. The first-order valence-electron chi connectivity index (χ1n) is 8.58. The van der Waals surface area contributed by atoms with E-state index in [0.717, 1.165) is 4.57 Å². The van der Waals surface area contributed by atoms with Gasteiger partial charge in [-0.3, -0.25) is 9.36 Å². The van der Waals surface area contributed by atoms with Crippen molar-refractivity contribution >= 4 is 11.0 Å². The lowest BCUT2D eigenvalue weighted by Gasteiger charge is -2.14. The van der Waals surface area contributed by atoms with Crippen molar-refractivity contribution in [3.8, 4) is 11.4 Å². The van der Waals surface area contributed by atoms with Crippen LogP contribution >= 0.6 is 0 Å². The number of fused-ring (bicyclic) bond motifs is 1. The van der Waals surface area contributed by atoms with Crippen LogP contribution in [0.5, 0.6) is 5.75 Å². The molecular weight excluding hydrogens is 361 g/mol. The van der Waals surface area contributed by atoms with Crippen molar-refractivity contribution in [1.29, 1.82) is 0 Å². The molecule has 4 aromatic rings. The molecule has 7 heteroatoms. The van der Waals surface area contributed by atoms with Crippen LogP contribution in [0.4, 0.5) is 4.39 Å². The Hall–Kier alpha value is -3.74. The van der Waals surface area contributed by atoms with E-state index < -0.39 is 11.2 Å². The minimum Gasteiger partial charge on any atom is -0.497 e. The number of benzene rings is 2. The molecule has 0 atom stereocenters. The van der Waals surface area contributed by atoms with Gasteiger partial charge in [0.2, 0.25) is 0 Å². The van der Waals surface area contributed by atoms with Crippen molar-refractivity contribution in [2.45, 2.75) is 6.54 Å². The first-order valence-corrected chi connectivity index (χ1v) is 8.58. The highest BCUT2D eigenvalue weighted by atomic mass is 19.1. The van der Waals surface area contributed by atoms with Crippen molar-refractivity contribution in [2.24, 2.45) is 0 Å². The summed E-state index contributed by atoms with van der Waals surface area (Å²) in [5.74, 6) is 0.267. The number of ether oxygens (including phenoxy) is 1. The van der Waals surface area contributed by atoms with Crippen LogP contribution in [0.1, 0.15) is 5.56 Å². The van der Waals surface area contributed by atoms with E-state index in [4.69, 9.17) is 4.74 Å². The molecule has 2 heterocycles. The van der Waals surface area contributed by atoms with Gasteiger partial charge in [0.05, 0.1) is 24.7 Å². The molecule has 0 saturated heterocycles. The number of pyridine rings is 1. The summed E-state index contributed by atoms with van der Waals surface area (Å²) in [5, 5.41) is 0.319. The van der Waals surface area contributed by atoms with E-state index in [1.54, 1.807) is 55.6 Å². The molecule has 0 bridgehead atoms. The van der Waals surface area contributed by atoms with Crippen LogP contribution in [0.3, 0.4) is 0 Å². The average Bonchev–Trinajstić information content (AvgIpc) is 2.73. The van der Waals surface area contributed by atoms with Crippen molar-refractivity contribution in [3.05, 3.63) is 99.1 Å². The van der Waals surface area contributed by atoms with Gasteiger partial charge in [0, 0.05) is 6.20 Å². The average molecular weight is 377 g/mol. The second kappa shape index (κ2) is 7.11. The van der Waals surface area contributed by atoms with E-state index in [-0.39, 0.29) is 18.0 Å². The molecule has 0 fully saturated rings. The van der Waals surface area contributed by atoms with E-state index in [9.17, 15) is 14.0 Å². The number of aromatic nitrogens is 3. The molecule has 6 nitrogen and oxygen atoms in total. The van der Waals surface area contributed by atoms with Gasteiger partial charge in [0.15, 0.2) is 5.65 Å². The fraction of sp³-hybridized carbons (Fsp3) is 0.0952. The van der Waals surface area contributed by atoms with Crippen LogP contribution < -0.4 is 16.0 Å². The normalized spacial score (nSPS) is 10.9. The molecule has 0 aliphatic carbocycles. The third kappa shape index (κ3) is 3.07. The number of methoxy groups -OCH3 is 1. The summed E-state index contributed by atoms with van der Waals surface area (Å²) < 4.78 is 20.9. The predicted molar refractivity (Wildman–Crippen MR) is 104 cm³/mol. The number of hydrogen-bond donors (Lipinski definition) is 0. The Morgan fingerprint density at radius 2 is 1.71 bits per heavy atom. The second-order valence-electron chi connectivity index (χ2n) is 6.21. The Morgan fingerprint density at radius 1 is 1.00 bits per heavy atom. The van der Waals surface area contributed by atoms with E-state index >= 15 is 0 Å². The van der Waals surface area contributed by atoms with Crippen LogP contribution in [0.2, 0.25) is 0 Å². The largest absolute Gasteiger partial charge is 0.497 e. The summed E-state index contributed by atoms with van der Waals surface area (Å²) in [6.07, 6.45) is 1.53. The summed E-state index contributed by atoms with van der Waals surface area (Å²) >= 11 is 0. The maximum absolute atomic E-state index is 13.2. The molecule has 2 aromatic carbocycles. The van der Waals surface area contributed by atoms with Gasteiger partial charge < -0.3 is 4.74 Å². The first kappa shape index (κ1) is 17.7. The molecule has 0 aliphatic heterocycles. The van der Waals surface area contributed by atoms with Crippen molar-refractivity contribution in [3.63, 3.8) is 0 Å². The van der Waals surface area contributed by atoms with Crippen LogP contribution in [0.15, 0.2) is 76.4 Å². The molecule has 0 amide bonds. The van der Waals surface area contributed by atoms with E-state index in [1.807, 2.05) is 0 Å². The Bertz CT molecular complexity index is 1260. The van der Waals surface area contributed by atoms with Crippen LogP contribution in [0, 0.1) is 5.82 Å². The number of hydrogen-bond acceptors (Lipinski definition) is 4. The van der Waals surface area contributed by atoms with Crippen LogP contribution in [-0.2, 0) is 6.54 Å². The summed E-state index contributed by atoms with van der Waals surface area (Å²) in [6, 6.07) is 15.9. The highest BCUT2D eigenvalue weighted by molar-refractivity contribution is 5.75. The van der Waals surface area contributed by atoms with Crippen molar-refractivity contribution in [1.82, 2.24) is 14.1 Å². The molecule has 0 radical (unpaired) electrons. The zero-order chi connectivity index (χ0) is 19.7. The predicted octanol–water partition coefficient (Wildman–Crippen LogP) is 2.74. The zero-order valence-corrected chi connectivity index (χ0v) is 15.0. The lowest BCUT2D eigenvalue weighted by Crippen LogP contribution is -2.40. The topological polar surface area (TPSA) is 66.1 Å². The van der Waals surface area contributed by atoms with Gasteiger partial charge in [0.25, 0.3) is 5.56 Å². The Labute approximate surface area is 159 Å². The minimum absolute atomic E-state index is 0.0267. The molecule has 140 valence electrons. The van der Waals surface area contributed by atoms with Crippen LogP contribution in [0.25, 0.3) is 16.7 Å². The van der Waals surface area contributed by atoms with E-state index in [2.05, 4.69) is 4.98 Å². The Balaban J connectivity index is 1.96. The maximum Gasteiger partial charge on any atom is 0.337 e. The van der Waals surface area contributed by atoms with Crippen molar-refractivity contribution in [2.75, 3.05) is 7.11 Å². The summed E-state index contributed by atoms with van der Waals surface area (Å²) in [4.78, 5) is 30.4. The van der Waals surface area contributed by atoms with Gasteiger partial charge in [-0.25, -0.2) is 18.7 Å². The molecular formula is C21H16FN3O3. The fourth-order valence-corrected chi connectivity index (χ4v) is 3.06. The lowest BCUT2D eigenvalue weighted by molar-refractivity contribution is 0.414. The third-order valence-electron chi connectivity index (χ3n) is 4.48. The molecule has 0 aliphatic rings. The molecule has 0 spiro atoms. The smallest absolute Gasteiger partial charge is 0.337 e. The lowest BCUT2D eigenvalue weighted by atomic mass is 10.2. The molecule has 2 aromatic heterocycles. The van der Waals surface area contributed by atoms with Gasteiger partial charge in [-0.2, -0.15) is 0 Å². The minimum atomic E-state index is -0.523. The molecule has 0 N–H and O–H groups in total. The van der Waals surface area contributed by atoms with Crippen LogP contribution in [-0.4, -0.2) is 21.2 Å². The van der Waals surface area contributed by atoms with Gasteiger partial charge in [-0.05, 0) is 54.1 Å². The summed E-state index contributed by atoms with van der Waals surface area (Å²) in [6.45, 7) is 0.0267. The van der Waals surface area contributed by atoms with E-state index in [0.29, 0.717) is 22.4 Å². The van der Waals surface area contributed by atoms with Gasteiger partial charge in [-0.1, -0.05) is 12.1 Å². The Morgan fingerprint density at radius 3 is 2.39 bits per heavy atom. The maximum atomic E-state index is 13.2. The zero-order valence-electron chi connectivity index (χ0n) is 15.0. The molecule has 0 saturated carbocycles. The highest BCUT2D eigenvalue weighted by Crippen LogP contribution is 2.16. The monoisotopic (exact) mass is 377 g/mol. The fourth-order valence-electron chi connectivity index (χ4n) is 3.06. The third-order valence-corrected chi connectivity index (χ3v) is 4.48. The molecule has 0 unspecified atom stereocenters. The van der Waals surface area contributed by atoms with Gasteiger partial charge >= 0.3 is 5.69 Å². The van der Waals surface area contributed by atoms with E-state index in [1.165, 1.54) is 22.9 Å². The number of nitrogens with zero attached hydrogens (tertiary/aromatic N) is 3. The SMILES string of the molecule is COc1ccc(-n2c(=O)n(Cc3ccc(F)cc3)c(=O)c3cccnc32)cc1. The Kier molecular flexibility index (Phi) is 4.49. The standard InChI is InChI=1S/C21H16FN3O3/c1-28-17-10-8-16(9-11-17)25-19-18(3-2-12-23-19)20(26)24(21(25)27)13-14-4-6-15(22)7-5-14/h2-12H,13H2,1H3. The second-order valence-corrected chi connectivity index (χ2v) is 6.21. The van der Waals surface area contributed by atoms with Crippen molar-refractivity contribution < 1.29 is 9.13 Å².